The van der Waals surface area contributed by atoms with Gasteiger partial charge in [-0.2, -0.15) is 0 Å². The van der Waals surface area contributed by atoms with Crippen molar-refractivity contribution in [3.63, 3.8) is 0 Å². The minimum Gasteiger partial charge on any atom is -0.352 e. The van der Waals surface area contributed by atoms with Gasteiger partial charge in [0.25, 0.3) is 0 Å². The summed E-state index contributed by atoms with van der Waals surface area (Å²) in [4.78, 5) is 11.9. The number of carbonyl (C=O) groups is 1. The standard InChI is InChI=1S/C16H21NOS/c18-16(11-19-10-12-4-2-1-3-5-12)17-15-9-13-6-7-14(15)8-13/h1-5,13-15H,6-11H2,(H,17,18)/t13-,14+,15+/m0/s1. The summed E-state index contributed by atoms with van der Waals surface area (Å²) < 4.78 is 0. The Bertz CT molecular complexity index is 434. The monoisotopic (exact) mass is 275 g/mol. The Kier molecular flexibility index (Phi) is 4.12. The summed E-state index contributed by atoms with van der Waals surface area (Å²) >= 11 is 1.71. The molecule has 2 fully saturated rings. The van der Waals surface area contributed by atoms with Gasteiger partial charge in [0.1, 0.15) is 0 Å². The van der Waals surface area contributed by atoms with Crippen molar-refractivity contribution < 1.29 is 4.79 Å². The first kappa shape index (κ1) is 13.0. The third-order valence-electron chi connectivity index (χ3n) is 4.43. The van der Waals surface area contributed by atoms with Gasteiger partial charge in [-0.25, -0.2) is 0 Å². The molecule has 0 unspecified atom stereocenters. The molecule has 19 heavy (non-hydrogen) atoms. The molecule has 3 atom stereocenters. The van der Waals surface area contributed by atoms with Crippen LogP contribution in [0.15, 0.2) is 30.3 Å². The van der Waals surface area contributed by atoms with Gasteiger partial charge in [-0.1, -0.05) is 36.8 Å². The zero-order valence-corrected chi connectivity index (χ0v) is 12.0. The van der Waals surface area contributed by atoms with Crippen molar-refractivity contribution in [2.75, 3.05) is 5.75 Å². The molecule has 0 aromatic heterocycles. The van der Waals surface area contributed by atoms with Crippen molar-refractivity contribution in [3.8, 4) is 0 Å². The number of hydrogen-bond acceptors (Lipinski definition) is 2. The molecule has 1 aromatic rings. The van der Waals surface area contributed by atoms with Crippen molar-refractivity contribution in [1.82, 2.24) is 5.32 Å². The van der Waals surface area contributed by atoms with E-state index in [2.05, 4.69) is 17.4 Å². The molecule has 1 aromatic carbocycles. The second kappa shape index (κ2) is 6.00. The van der Waals surface area contributed by atoms with E-state index in [1.807, 2.05) is 18.2 Å². The Morgan fingerprint density at radius 3 is 2.74 bits per heavy atom. The van der Waals surface area contributed by atoms with Crippen molar-refractivity contribution in [2.45, 2.75) is 37.5 Å². The molecule has 3 heteroatoms. The smallest absolute Gasteiger partial charge is 0.230 e. The van der Waals surface area contributed by atoms with Crippen LogP contribution in [0.4, 0.5) is 0 Å². The van der Waals surface area contributed by atoms with E-state index in [4.69, 9.17) is 0 Å². The number of fused-ring (bicyclic) bond motifs is 2. The zero-order chi connectivity index (χ0) is 13.1. The van der Waals surface area contributed by atoms with Crippen LogP contribution >= 0.6 is 11.8 Å². The quantitative estimate of drug-likeness (QED) is 0.894. The molecule has 0 heterocycles. The Morgan fingerprint density at radius 1 is 1.21 bits per heavy atom. The maximum Gasteiger partial charge on any atom is 0.230 e. The molecule has 0 spiro atoms. The summed E-state index contributed by atoms with van der Waals surface area (Å²) in [6.45, 7) is 0. The highest BCUT2D eigenvalue weighted by atomic mass is 32.2. The molecule has 0 saturated heterocycles. The lowest BCUT2D eigenvalue weighted by Gasteiger charge is -2.22. The first-order chi connectivity index (χ1) is 9.31. The third kappa shape index (κ3) is 3.33. The highest BCUT2D eigenvalue weighted by Gasteiger charge is 2.39. The molecule has 2 aliphatic carbocycles. The Labute approximate surface area is 119 Å². The molecule has 2 saturated carbocycles. The molecule has 102 valence electrons. The van der Waals surface area contributed by atoms with Crippen LogP contribution in [0.2, 0.25) is 0 Å². The maximum absolute atomic E-state index is 11.9. The number of amides is 1. The maximum atomic E-state index is 11.9. The van der Waals surface area contributed by atoms with E-state index in [0.29, 0.717) is 11.8 Å². The van der Waals surface area contributed by atoms with Crippen LogP contribution in [-0.2, 0) is 10.5 Å². The fraction of sp³-hybridized carbons (Fsp3) is 0.562. The summed E-state index contributed by atoms with van der Waals surface area (Å²) in [5, 5.41) is 3.24. The molecule has 2 aliphatic rings. The SMILES string of the molecule is O=C(CSCc1ccccc1)N[C@@H]1C[C@H]2CC[C@@H]1C2. The zero-order valence-electron chi connectivity index (χ0n) is 11.2. The normalized spacial score (nSPS) is 28.5. The molecule has 1 amide bonds. The molecule has 2 bridgehead atoms. The lowest BCUT2D eigenvalue weighted by Crippen LogP contribution is -2.39. The highest BCUT2D eigenvalue weighted by Crippen LogP contribution is 2.44. The minimum atomic E-state index is 0.221. The Balaban J connectivity index is 1.38. The van der Waals surface area contributed by atoms with Gasteiger partial charge in [-0.15, -0.1) is 11.8 Å². The van der Waals surface area contributed by atoms with Gasteiger partial charge in [-0.05, 0) is 36.7 Å². The topological polar surface area (TPSA) is 29.1 Å². The van der Waals surface area contributed by atoms with Crippen LogP contribution in [0.1, 0.15) is 31.2 Å². The summed E-state index contributed by atoms with van der Waals surface area (Å²) in [5.74, 6) is 3.40. The van der Waals surface area contributed by atoms with Crippen LogP contribution in [-0.4, -0.2) is 17.7 Å². The second-order valence-electron chi connectivity index (χ2n) is 5.83. The first-order valence-electron chi connectivity index (χ1n) is 7.22. The van der Waals surface area contributed by atoms with Crippen molar-refractivity contribution in [2.24, 2.45) is 11.8 Å². The first-order valence-corrected chi connectivity index (χ1v) is 8.38. The predicted octanol–water partition coefficient (Wildman–Crippen LogP) is 3.22. The third-order valence-corrected chi connectivity index (χ3v) is 5.43. The number of rotatable bonds is 5. The molecule has 0 aliphatic heterocycles. The lowest BCUT2D eigenvalue weighted by atomic mass is 9.95. The van der Waals surface area contributed by atoms with E-state index in [1.54, 1.807) is 11.8 Å². The number of benzene rings is 1. The largest absolute Gasteiger partial charge is 0.352 e. The average molecular weight is 275 g/mol. The number of nitrogens with one attached hydrogen (secondary N) is 1. The second-order valence-corrected chi connectivity index (χ2v) is 6.81. The summed E-state index contributed by atoms with van der Waals surface area (Å²) in [6.07, 6.45) is 5.29. The van der Waals surface area contributed by atoms with Crippen molar-refractivity contribution in [1.29, 1.82) is 0 Å². The molecular formula is C16H21NOS. The van der Waals surface area contributed by atoms with Crippen LogP contribution in [0.5, 0.6) is 0 Å². The fourth-order valence-electron chi connectivity index (χ4n) is 3.51. The van der Waals surface area contributed by atoms with Crippen LogP contribution < -0.4 is 5.32 Å². The van der Waals surface area contributed by atoms with Gasteiger partial charge in [0.15, 0.2) is 0 Å². The molecular weight excluding hydrogens is 254 g/mol. The van der Waals surface area contributed by atoms with Gasteiger partial charge >= 0.3 is 0 Å². The Hall–Kier alpha value is -0.960. The van der Waals surface area contributed by atoms with Crippen LogP contribution in [0.25, 0.3) is 0 Å². The lowest BCUT2D eigenvalue weighted by molar-refractivity contribution is -0.119. The number of carbonyl (C=O) groups excluding carboxylic acids is 1. The molecule has 3 rings (SSSR count). The summed E-state index contributed by atoms with van der Waals surface area (Å²) in [6, 6.07) is 10.8. The highest BCUT2D eigenvalue weighted by molar-refractivity contribution is 7.99. The minimum absolute atomic E-state index is 0.221. The van der Waals surface area contributed by atoms with Crippen molar-refractivity contribution in [3.05, 3.63) is 35.9 Å². The molecule has 0 radical (unpaired) electrons. The van der Waals surface area contributed by atoms with Gasteiger partial charge in [0.2, 0.25) is 5.91 Å². The Morgan fingerprint density at radius 2 is 2.05 bits per heavy atom. The van der Waals surface area contributed by atoms with Gasteiger partial charge < -0.3 is 5.32 Å². The van der Waals surface area contributed by atoms with Gasteiger partial charge in [0.05, 0.1) is 5.75 Å². The van der Waals surface area contributed by atoms with E-state index in [0.717, 1.165) is 17.6 Å². The predicted molar refractivity (Wildman–Crippen MR) is 80.0 cm³/mol. The van der Waals surface area contributed by atoms with Crippen LogP contribution in [0.3, 0.4) is 0 Å². The van der Waals surface area contributed by atoms with Crippen LogP contribution in [0, 0.1) is 11.8 Å². The summed E-state index contributed by atoms with van der Waals surface area (Å²) in [7, 11) is 0. The van der Waals surface area contributed by atoms with Gasteiger partial charge in [-0.3, -0.25) is 4.79 Å². The summed E-state index contributed by atoms with van der Waals surface area (Å²) in [5.41, 5.74) is 1.29. The number of hydrogen-bond donors (Lipinski definition) is 1. The van der Waals surface area contributed by atoms with Crippen molar-refractivity contribution >= 4 is 17.7 Å². The van der Waals surface area contributed by atoms with Gasteiger partial charge in [0, 0.05) is 11.8 Å². The molecule has 1 N–H and O–H groups in total. The fourth-order valence-corrected chi connectivity index (χ4v) is 4.30. The molecule has 2 nitrogen and oxygen atoms in total. The van der Waals surface area contributed by atoms with E-state index < -0.39 is 0 Å². The van der Waals surface area contributed by atoms with E-state index in [-0.39, 0.29) is 5.91 Å². The van der Waals surface area contributed by atoms with E-state index in [9.17, 15) is 4.79 Å². The number of thioether (sulfide) groups is 1. The van der Waals surface area contributed by atoms with E-state index in [1.165, 1.54) is 31.2 Å². The van der Waals surface area contributed by atoms with E-state index >= 15 is 0 Å². The average Bonchev–Trinajstić information content (AvgIpc) is 3.02.